The number of hydrogen-bond donors (Lipinski definition) is 3. The summed E-state index contributed by atoms with van der Waals surface area (Å²) in [7, 11) is 0. The standard InChI is InChI=1S/C18H23F2N5O3.ClH/c1-11-17(23-24-25(11)12-4-6-21-7-5-12)18(27)22-9-13(26)10-28-14-2-3-15(19)16(20)8-14;/h2-3,8,12-13,21,26H,4-7,9-10H2,1H3,(H,22,27);1H. The molecule has 1 saturated heterocycles. The SMILES string of the molecule is Cc1c(C(=O)NCC(O)COc2ccc(F)c(F)c2)nnn1C1CCNCC1.Cl. The molecule has 2 heterocycles. The van der Waals surface area contributed by atoms with Gasteiger partial charge in [-0.1, -0.05) is 5.21 Å². The smallest absolute Gasteiger partial charge is 0.273 e. The van der Waals surface area contributed by atoms with Gasteiger partial charge in [0.25, 0.3) is 5.91 Å². The zero-order valence-corrected chi connectivity index (χ0v) is 16.7. The summed E-state index contributed by atoms with van der Waals surface area (Å²) < 4.78 is 33.0. The maximum absolute atomic E-state index is 13.1. The van der Waals surface area contributed by atoms with Crippen LogP contribution in [-0.2, 0) is 0 Å². The highest BCUT2D eigenvalue weighted by Gasteiger charge is 2.23. The molecule has 29 heavy (non-hydrogen) atoms. The summed E-state index contributed by atoms with van der Waals surface area (Å²) in [5.74, 6) is -2.37. The van der Waals surface area contributed by atoms with E-state index in [0.29, 0.717) is 5.69 Å². The number of aromatic nitrogens is 3. The zero-order valence-electron chi connectivity index (χ0n) is 15.9. The first-order valence-corrected chi connectivity index (χ1v) is 9.12. The molecule has 1 fully saturated rings. The van der Waals surface area contributed by atoms with Crippen molar-refractivity contribution in [3.8, 4) is 5.75 Å². The van der Waals surface area contributed by atoms with Gasteiger partial charge in [-0.3, -0.25) is 4.79 Å². The van der Waals surface area contributed by atoms with Gasteiger partial charge in [-0.15, -0.1) is 17.5 Å². The van der Waals surface area contributed by atoms with Crippen molar-refractivity contribution in [3.63, 3.8) is 0 Å². The van der Waals surface area contributed by atoms with E-state index in [4.69, 9.17) is 4.74 Å². The van der Waals surface area contributed by atoms with Crippen molar-refractivity contribution in [1.29, 1.82) is 0 Å². The van der Waals surface area contributed by atoms with Crippen molar-refractivity contribution >= 4 is 18.3 Å². The molecule has 3 N–H and O–H groups in total. The van der Waals surface area contributed by atoms with Crippen LogP contribution in [0.25, 0.3) is 0 Å². The quantitative estimate of drug-likeness (QED) is 0.612. The second-order valence-electron chi connectivity index (χ2n) is 6.70. The second kappa shape index (κ2) is 10.5. The van der Waals surface area contributed by atoms with Crippen LogP contribution in [0.15, 0.2) is 18.2 Å². The molecule has 0 aliphatic carbocycles. The number of aliphatic hydroxyl groups is 1. The van der Waals surface area contributed by atoms with Crippen LogP contribution in [0.1, 0.15) is 35.1 Å². The fraction of sp³-hybridized carbons (Fsp3) is 0.500. The molecule has 0 saturated carbocycles. The Balaban J connectivity index is 0.00000300. The van der Waals surface area contributed by atoms with Crippen molar-refractivity contribution in [2.45, 2.75) is 31.9 Å². The van der Waals surface area contributed by atoms with Gasteiger partial charge in [0.2, 0.25) is 0 Å². The van der Waals surface area contributed by atoms with Crippen molar-refractivity contribution in [1.82, 2.24) is 25.6 Å². The van der Waals surface area contributed by atoms with E-state index in [0.717, 1.165) is 38.1 Å². The molecule has 1 atom stereocenters. The topological polar surface area (TPSA) is 101 Å². The Bertz CT molecular complexity index is 830. The molecule has 2 aromatic rings. The Morgan fingerprint density at radius 2 is 2.10 bits per heavy atom. The van der Waals surface area contributed by atoms with Gasteiger partial charge in [-0.25, -0.2) is 13.5 Å². The lowest BCUT2D eigenvalue weighted by atomic mass is 10.1. The van der Waals surface area contributed by atoms with Gasteiger partial charge < -0.3 is 20.5 Å². The summed E-state index contributed by atoms with van der Waals surface area (Å²) in [5.41, 5.74) is 0.893. The number of aliphatic hydroxyl groups excluding tert-OH is 1. The summed E-state index contributed by atoms with van der Waals surface area (Å²) in [6, 6.07) is 3.30. The minimum atomic E-state index is -1.03. The van der Waals surface area contributed by atoms with Gasteiger partial charge in [0.05, 0.1) is 11.7 Å². The number of amides is 1. The van der Waals surface area contributed by atoms with Crippen LogP contribution in [0.5, 0.6) is 5.75 Å². The number of carbonyl (C=O) groups is 1. The fourth-order valence-electron chi connectivity index (χ4n) is 3.06. The Kier molecular flexibility index (Phi) is 8.30. The number of nitrogens with zero attached hydrogens (tertiary/aromatic N) is 3. The first-order valence-electron chi connectivity index (χ1n) is 9.12. The van der Waals surface area contributed by atoms with E-state index in [1.54, 1.807) is 11.6 Å². The number of nitrogens with one attached hydrogen (secondary N) is 2. The molecule has 160 valence electrons. The molecule has 1 aromatic heterocycles. The summed E-state index contributed by atoms with van der Waals surface area (Å²) in [4.78, 5) is 12.3. The molecular weight excluding hydrogens is 408 g/mol. The van der Waals surface area contributed by atoms with Crippen LogP contribution < -0.4 is 15.4 Å². The van der Waals surface area contributed by atoms with Gasteiger partial charge in [0, 0.05) is 12.6 Å². The van der Waals surface area contributed by atoms with Gasteiger partial charge >= 0.3 is 0 Å². The van der Waals surface area contributed by atoms with Gasteiger partial charge in [0.1, 0.15) is 18.5 Å². The summed E-state index contributed by atoms with van der Waals surface area (Å²) >= 11 is 0. The Hall–Kier alpha value is -2.30. The van der Waals surface area contributed by atoms with E-state index in [1.165, 1.54) is 6.07 Å². The summed E-state index contributed by atoms with van der Waals surface area (Å²) in [5, 5.41) is 23.9. The maximum atomic E-state index is 13.1. The number of halogens is 3. The number of hydrogen-bond acceptors (Lipinski definition) is 6. The molecule has 0 spiro atoms. The molecule has 3 rings (SSSR count). The molecule has 1 unspecified atom stereocenters. The Labute approximate surface area is 173 Å². The van der Waals surface area contributed by atoms with E-state index in [-0.39, 0.29) is 43.0 Å². The van der Waals surface area contributed by atoms with Gasteiger partial charge in [-0.05, 0) is 45.0 Å². The van der Waals surface area contributed by atoms with Crippen molar-refractivity contribution < 1.29 is 23.4 Å². The maximum Gasteiger partial charge on any atom is 0.273 e. The van der Waals surface area contributed by atoms with Crippen LogP contribution in [0.4, 0.5) is 8.78 Å². The van der Waals surface area contributed by atoms with Crippen LogP contribution in [0.2, 0.25) is 0 Å². The van der Waals surface area contributed by atoms with E-state index < -0.39 is 23.6 Å². The number of piperidine rings is 1. The minimum Gasteiger partial charge on any atom is -0.491 e. The molecule has 11 heteroatoms. The predicted molar refractivity (Wildman–Crippen MR) is 103 cm³/mol. The molecule has 8 nitrogen and oxygen atoms in total. The highest BCUT2D eigenvalue weighted by Crippen LogP contribution is 2.20. The summed E-state index contributed by atoms with van der Waals surface area (Å²) in [6.45, 7) is 3.32. The highest BCUT2D eigenvalue weighted by molar-refractivity contribution is 5.93. The van der Waals surface area contributed by atoms with Gasteiger partial charge in [0.15, 0.2) is 17.3 Å². The first kappa shape index (κ1) is 23.0. The number of ether oxygens (including phenoxy) is 1. The fourth-order valence-corrected chi connectivity index (χ4v) is 3.06. The lowest BCUT2D eigenvalue weighted by molar-refractivity contribution is 0.0838. The van der Waals surface area contributed by atoms with Crippen LogP contribution in [0, 0.1) is 18.6 Å². The second-order valence-corrected chi connectivity index (χ2v) is 6.70. The van der Waals surface area contributed by atoms with Crippen molar-refractivity contribution in [2.75, 3.05) is 26.2 Å². The van der Waals surface area contributed by atoms with Gasteiger partial charge in [-0.2, -0.15) is 0 Å². The number of benzene rings is 1. The highest BCUT2D eigenvalue weighted by atomic mass is 35.5. The lowest BCUT2D eigenvalue weighted by Gasteiger charge is -2.23. The first-order chi connectivity index (χ1) is 13.5. The molecule has 1 aliphatic rings. The number of carbonyl (C=O) groups excluding carboxylic acids is 1. The van der Waals surface area contributed by atoms with Crippen molar-refractivity contribution in [3.05, 3.63) is 41.2 Å². The van der Waals surface area contributed by atoms with Crippen LogP contribution >= 0.6 is 12.4 Å². The minimum absolute atomic E-state index is 0. The average molecular weight is 432 g/mol. The average Bonchev–Trinajstić information content (AvgIpc) is 3.09. The predicted octanol–water partition coefficient (Wildman–Crippen LogP) is 1.38. The monoisotopic (exact) mass is 431 g/mol. The van der Waals surface area contributed by atoms with E-state index in [9.17, 15) is 18.7 Å². The molecule has 1 amide bonds. The van der Waals surface area contributed by atoms with Crippen molar-refractivity contribution in [2.24, 2.45) is 0 Å². The van der Waals surface area contributed by atoms with Crippen LogP contribution in [0.3, 0.4) is 0 Å². The third-order valence-corrected chi connectivity index (χ3v) is 4.63. The normalized spacial score (nSPS) is 15.4. The zero-order chi connectivity index (χ0) is 20.1. The largest absolute Gasteiger partial charge is 0.491 e. The van der Waals surface area contributed by atoms with E-state index in [1.807, 2.05) is 0 Å². The Morgan fingerprint density at radius 1 is 1.38 bits per heavy atom. The summed E-state index contributed by atoms with van der Waals surface area (Å²) in [6.07, 6.45) is 0.813. The molecule has 0 radical (unpaired) electrons. The van der Waals surface area contributed by atoms with Crippen LogP contribution in [-0.4, -0.2) is 58.4 Å². The molecule has 0 bridgehead atoms. The van der Waals surface area contributed by atoms with E-state index in [2.05, 4.69) is 20.9 Å². The molecule has 1 aliphatic heterocycles. The molecule has 1 aromatic carbocycles. The number of rotatable bonds is 7. The lowest BCUT2D eigenvalue weighted by Crippen LogP contribution is -2.36. The molecular formula is C18H24ClF2N5O3. The van der Waals surface area contributed by atoms with E-state index >= 15 is 0 Å². The third-order valence-electron chi connectivity index (χ3n) is 4.63. The third kappa shape index (κ3) is 5.84. The Morgan fingerprint density at radius 3 is 2.79 bits per heavy atom.